The monoisotopic (exact) mass is 350 g/mol. The lowest BCUT2D eigenvalue weighted by atomic mass is 10.1. The molecule has 0 unspecified atom stereocenters. The van der Waals surface area contributed by atoms with Gasteiger partial charge in [0.2, 0.25) is 0 Å². The second-order valence-corrected chi connectivity index (χ2v) is 7.20. The zero-order chi connectivity index (χ0) is 17.5. The van der Waals surface area contributed by atoms with Crippen molar-refractivity contribution in [3.63, 3.8) is 0 Å². The predicted octanol–water partition coefficient (Wildman–Crippen LogP) is 1.61. The molecule has 5 rings (SSSR count). The maximum atomic E-state index is 12.2. The van der Waals surface area contributed by atoms with Gasteiger partial charge in [-0.3, -0.25) is 9.55 Å². The summed E-state index contributed by atoms with van der Waals surface area (Å²) in [7, 11) is 0. The Kier molecular flexibility index (Phi) is 3.74. The lowest BCUT2D eigenvalue weighted by molar-refractivity contribution is 0.589. The number of benzene rings is 1. The van der Waals surface area contributed by atoms with Crippen LogP contribution < -0.4 is 15.9 Å². The molecule has 0 spiro atoms. The van der Waals surface area contributed by atoms with Gasteiger partial charge in [-0.15, -0.1) is 0 Å². The van der Waals surface area contributed by atoms with Gasteiger partial charge in [-0.2, -0.15) is 0 Å². The van der Waals surface area contributed by atoms with E-state index in [9.17, 15) is 4.79 Å². The van der Waals surface area contributed by atoms with E-state index in [1.165, 1.54) is 18.5 Å². The third kappa shape index (κ3) is 2.88. The second-order valence-electron chi connectivity index (χ2n) is 7.20. The Hall–Kier alpha value is -2.67. The Morgan fingerprint density at radius 1 is 1.12 bits per heavy atom. The van der Waals surface area contributed by atoms with Crippen molar-refractivity contribution >= 4 is 17.0 Å². The summed E-state index contributed by atoms with van der Waals surface area (Å²) >= 11 is 0. The van der Waals surface area contributed by atoms with Crippen LogP contribution in [0.1, 0.15) is 12.8 Å². The minimum absolute atomic E-state index is 0.113. The molecule has 3 heterocycles. The summed E-state index contributed by atoms with van der Waals surface area (Å²) in [6.07, 6.45) is 4.16. The third-order valence-electron chi connectivity index (χ3n) is 5.26. The maximum Gasteiger partial charge on any atom is 0.328 e. The molecular weight excluding hydrogens is 328 g/mol. The molecule has 2 aliphatic rings. The number of fused-ring (bicyclic) bond motifs is 1. The Morgan fingerprint density at radius 3 is 2.62 bits per heavy atom. The molecule has 1 saturated heterocycles. The minimum Gasteiger partial charge on any atom is -0.369 e. The van der Waals surface area contributed by atoms with Crippen LogP contribution in [0.5, 0.6) is 0 Å². The zero-order valence-electron chi connectivity index (χ0n) is 14.6. The topological polar surface area (TPSA) is 78.8 Å². The van der Waals surface area contributed by atoms with E-state index in [4.69, 9.17) is 0 Å². The van der Waals surface area contributed by atoms with Crippen LogP contribution in [0.15, 0.2) is 35.3 Å². The van der Waals surface area contributed by atoms with Crippen LogP contribution >= 0.6 is 0 Å². The molecule has 0 atom stereocenters. The lowest BCUT2D eigenvalue weighted by Crippen LogP contribution is -2.43. The van der Waals surface area contributed by atoms with Gasteiger partial charge in [0, 0.05) is 44.0 Å². The number of aromatic amines is 1. The SMILES string of the molecule is O=c1[nH]c2nc(-c3ccc(N4CCNCC4)cc3)cnc2n1CC1CC1. The molecule has 26 heavy (non-hydrogen) atoms. The molecule has 134 valence electrons. The highest BCUT2D eigenvalue weighted by Crippen LogP contribution is 2.31. The van der Waals surface area contributed by atoms with Gasteiger partial charge in [0.05, 0.1) is 11.9 Å². The quantitative estimate of drug-likeness (QED) is 0.747. The van der Waals surface area contributed by atoms with Crippen LogP contribution in [0, 0.1) is 5.92 Å². The molecule has 7 heteroatoms. The minimum atomic E-state index is -0.113. The van der Waals surface area contributed by atoms with Crippen molar-refractivity contribution in [2.75, 3.05) is 31.1 Å². The first-order valence-electron chi connectivity index (χ1n) is 9.29. The Balaban J connectivity index is 1.44. The van der Waals surface area contributed by atoms with Crippen molar-refractivity contribution in [1.29, 1.82) is 0 Å². The highest BCUT2D eigenvalue weighted by molar-refractivity contribution is 5.71. The summed E-state index contributed by atoms with van der Waals surface area (Å²) in [4.78, 5) is 26.6. The fraction of sp³-hybridized carbons (Fsp3) is 0.421. The molecular formula is C19H22N6O. The lowest BCUT2D eigenvalue weighted by Gasteiger charge is -2.29. The molecule has 0 amide bonds. The summed E-state index contributed by atoms with van der Waals surface area (Å²) in [5, 5.41) is 3.37. The van der Waals surface area contributed by atoms with Crippen molar-refractivity contribution < 1.29 is 0 Å². The van der Waals surface area contributed by atoms with E-state index in [0.717, 1.165) is 44.0 Å². The Morgan fingerprint density at radius 2 is 1.88 bits per heavy atom. The van der Waals surface area contributed by atoms with Gasteiger partial charge < -0.3 is 10.2 Å². The summed E-state index contributed by atoms with van der Waals surface area (Å²) in [6, 6.07) is 8.42. The molecule has 2 N–H and O–H groups in total. The molecule has 3 aromatic rings. The fourth-order valence-corrected chi connectivity index (χ4v) is 3.56. The molecule has 2 aromatic heterocycles. The van der Waals surface area contributed by atoms with Crippen LogP contribution in [-0.4, -0.2) is 45.7 Å². The van der Waals surface area contributed by atoms with E-state index in [1.807, 2.05) is 0 Å². The first-order chi connectivity index (χ1) is 12.8. The largest absolute Gasteiger partial charge is 0.369 e. The first-order valence-corrected chi connectivity index (χ1v) is 9.29. The van der Waals surface area contributed by atoms with Crippen LogP contribution in [0.4, 0.5) is 5.69 Å². The van der Waals surface area contributed by atoms with E-state index < -0.39 is 0 Å². The van der Waals surface area contributed by atoms with Crippen molar-refractivity contribution in [2.45, 2.75) is 19.4 Å². The molecule has 1 aliphatic carbocycles. The number of hydrogen-bond acceptors (Lipinski definition) is 5. The smallest absolute Gasteiger partial charge is 0.328 e. The summed E-state index contributed by atoms with van der Waals surface area (Å²) in [6.45, 7) is 4.85. The van der Waals surface area contributed by atoms with Gasteiger partial charge in [0.1, 0.15) is 0 Å². The van der Waals surface area contributed by atoms with Gasteiger partial charge in [0.15, 0.2) is 11.3 Å². The number of nitrogens with one attached hydrogen (secondary N) is 2. The standard InChI is InChI=1S/C19H22N6O/c26-19-23-17-18(25(19)12-13-1-2-13)21-11-16(22-17)14-3-5-15(6-4-14)24-9-7-20-8-10-24/h3-6,11,13,20H,1-2,7-10,12H2,(H,22,23,26). The number of anilines is 1. The number of nitrogens with zero attached hydrogens (tertiary/aromatic N) is 4. The molecule has 1 aromatic carbocycles. The van der Waals surface area contributed by atoms with E-state index in [0.29, 0.717) is 17.2 Å². The van der Waals surface area contributed by atoms with E-state index in [2.05, 4.69) is 49.4 Å². The Labute approximate surface area is 151 Å². The molecule has 1 saturated carbocycles. The van der Waals surface area contributed by atoms with E-state index in [-0.39, 0.29) is 5.69 Å². The van der Waals surface area contributed by atoms with Crippen LogP contribution in [0.25, 0.3) is 22.6 Å². The first kappa shape index (κ1) is 15.6. The predicted molar refractivity (Wildman–Crippen MR) is 101 cm³/mol. The van der Waals surface area contributed by atoms with Gasteiger partial charge in [0.25, 0.3) is 0 Å². The number of rotatable bonds is 4. The highest BCUT2D eigenvalue weighted by Gasteiger charge is 2.24. The van der Waals surface area contributed by atoms with Gasteiger partial charge in [-0.05, 0) is 30.9 Å². The third-order valence-corrected chi connectivity index (χ3v) is 5.26. The number of H-pyrrole nitrogens is 1. The molecule has 0 radical (unpaired) electrons. The molecule has 7 nitrogen and oxygen atoms in total. The highest BCUT2D eigenvalue weighted by atomic mass is 16.1. The number of imidazole rings is 1. The zero-order valence-corrected chi connectivity index (χ0v) is 14.6. The second kappa shape index (κ2) is 6.25. The summed E-state index contributed by atoms with van der Waals surface area (Å²) < 4.78 is 1.72. The van der Waals surface area contributed by atoms with E-state index in [1.54, 1.807) is 10.8 Å². The van der Waals surface area contributed by atoms with Gasteiger partial charge in [-0.1, -0.05) is 12.1 Å². The van der Waals surface area contributed by atoms with E-state index >= 15 is 0 Å². The average Bonchev–Trinajstić information content (AvgIpc) is 3.46. The Bertz CT molecular complexity index is 979. The van der Waals surface area contributed by atoms with Gasteiger partial charge in [-0.25, -0.2) is 14.8 Å². The van der Waals surface area contributed by atoms with Crippen molar-refractivity contribution in [1.82, 2.24) is 24.8 Å². The van der Waals surface area contributed by atoms with Crippen molar-refractivity contribution in [3.05, 3.63) is 40.9 Å². The van der Waals surface area contributed by atoms with Crippen LogP contribution in [0.3, 0.4) is 0 Å². The van der Waals surface area contributed by atoms with Crippen molar-refractivity contribution in [2.24, 2.45) is 5.92 Å². The maximum absolute atomic E-state index is 12.2. The fourth-order valence-electron chi connectivity index (χ4n) is 3.56. The molecule has 2 fully saturated rings. The number of piperazine rings is 1. The number of aromatic nitrogens is 4. The normalized spacial score (nSPS) is 17.8. The van der Waals surface area contributed by atoms with Crippen LogP contribution in [-0.2, 0) is 6.54 Å². The number of hydrogen-bond donors (Lipinski definition) is 2. The molecule has 0 bridgehead atoms. The molecule has 1 aliphatic heterocycles. The summed E-state index contributed by atoms with van der Waals surface area (Å²) in [5.41, 5.74) is 4.13. The summed E-state index contributed by atoms with van der Waals surface area (Å²) in [5.74, 6) is 0.616. The van der Waals surface area contributed by atoms with Gasteiger partial charge >= 0.3 is 5.69 Å². The average molecular weight is 350 g/mol. The van der Waals surface area contributed by atoms with Crippen LogP contribution in [0.2, 0.25) is 0 Å². The van der Waals surface area contributed by atoms with Crippen molar-refractivity contribution in [3.8, 4) is 11.3 Å².